The average molecular weight is 312 g/mol. The predicted octanol–water partition coefficient (Wildman–Crippen LogP) is 2.05. The van der Waals surface area contributed by atoms with Crippen molar-refractivity contribution in [1.82, 2.24) is 10.2 Å². The first kappa shape index (κ1) is 16.8. The lowest BCUT2D eigenvalue weighted by atomic mass is 10.0. The smallest absolute Gasteiger partial charge is 0.251 e. The molecule has 1 amide bonds. The number of carbonyl (C=O) groups is 1. The molecule has 0 radical (unpaired) electrons. The predicted molar refractivity (Wildman–Crippen MR) is 79.7 cm³/mol. The molecule has 2 rings (SSSR count). The van der Waals surface area contributed by atoms with Gasteiger partial charge in [0.05, 0.1) is 13.2 Å². The lowest BCUT2D eigenvalue weighted by Gasteiger charge is -2.36. The third-order valence-corrected chi connectivity index (χ3v) is 3.94. The standard InChI is InChI=1S/C16H22F2N2O2/c1-11(2)15(20-5-7-22-8-6-20)10-19-16(21)12-3-4-13(17)14(18)9-12/h3-4,9,11,15H,5-8,10H2,1-2H3,(H,19,21). The quantitative estimate of drug-likeness (QED) is 0.905. The monoisotopic (exact) mass is 312 g/mol. The van der Waals surface area contributed by atoms with Gasteiger partial charge in [-0.25, -0.2) is 8.78 Å². The Morgan fingerprint density at radius 3 is 2.55 bits per heavy atom. The molecule has 6 heteroatoms. The second-order valence-electron chi connectivity index (χ2n) is 5.80. The van der Waals surface area contributed by atoms with Crippen molar-refractivity contribution in [3.8, 4) is 0 Å². The zero-order chi connectivity index (χ0) is 16.1. The number of morpholine rings is 1. The number of benzene rings is 1. The van der Waals surface area contributed by atoms with Crippen LogP contribution >= 0.6 is 0 Å². The van der Waals surface area contributed by atoms with Crippen molar-refractivity contribution >= 4 is 5.91 Å². The molecule has 4 nitrogen and oxygen atoms in total. The molecule has 1 N–H and O–H groups in total. The Balaban J connectivity index is 1.96. The molecule has 0 saturated carbocycles. The number of amides is 1. The van der Waals surface area contributed by atoms with Gasteiger partial charge in [0, 0.05) is 31.2 Å². The first-order valence-electron chi connectivity index (χ1n) is 7.54. The third-order valence-electron chi connectivity index (χ3n) is 3.94. The van der Waals surface area contributed by atoms with E-state index in [1.165, 1.54) is 6.07 Å². The Morgan fingerprint density at radius 2 is 1.95 bits per heavy atom. The van der Waals surface area contributed by atoms with E-state index in [-0.39, 0.29) is 11.6 Å². The molecule has 1 fully saturated rings. The lowest BCUT2D eigenvalue weighted by Crippen LogP contribution is -2.51. The van der Waals surface area contributed by atoms with Crippen LogP contribution in [0.15, 0.2) is 18.2 Å². The van der Waals surface area contributed by atoms with Crippen molar-refractivity contribution in [2.24, 2.45) is 5.92 Å². The fraction of sp³-hybridized carbons (Fsp3) is 0.562. The summed E-state index contributed by atoms with van der Waals surface area (Å²) in [5, 5.41) is 2.81. The van der Waals surface area contributed by atoms with Crippen LogP contribution in [-0.2, 0) is 4.74 Å². The fourth-order valence-electron chi connectivity index (χ4n) is 2.63. The van der Waals surface area contributed by atoms with E-state index in [2.05, 4.69) is 24.1 Å². The summed E-state index contributed by atoms with van der Waals surface area (Å²) in [4.78, 5) is 14.4. The summed E-state index contributed by atoms with van der Waals surface area (Å²) >= 11 is 0. The number of nitrogens with zero attached hydrogens (tertiary/aromatic N) is 1. The number of ether oxygens (including phenoxy) is 1. The largest absolute Gasteiger partial charge is 0.379 e. The Hall–Kier alpha value is -1.53. The highest BCUT2D eigenvalue weighted by atomic mass is 19.2. The number of hydrogen-bond acceptors (Lipinski definition) is 3. The normalized spacial score (nSPS) is 17.5. The van der Waals surface area contributed by atoms with Gasteiger partial charge >= 0.3 is 0 Å². The SMILES string of the molecule is CC(C)C(CNC(=O)c1ccc(F)c(F)c1)N1CCOCC1. The van der Waals surface area contributed by atoms with Gasteiger partial charge in [-0.05, 0) is 24.1 Å². The first-order chi connectivity index (χ1) is 10.5. The van der Waals surface area contributed by atoms with E-state index in [1.54, 1.807) is 0 Å². The lowest BCUT2D eigenvalue weighted by molar-refractivity contribution is 0.00672. The van der Waals surface area contributed by atoms with Crippen LogP contribution in [0.3, 0.4) is 0 Å². The maximum atomic E-state index is 13.2. The summed E-state index contributed by atoms with van der Waals surface area (Å²) < 4.78 is 31.4. The summed E-state index contributed by atoms with van der Waals surface area (Å²) in [5.74, 6) is -1.99. The summed E-state index contributed by atoms with van der Waals surface area (Å²) in [6.07, 6.45) is 0. The van der Waals surface area contributed by atoms with Crippen LogP contribution in [0.4, 0.5) is 8.78 Å². The van der Waals surface area contributed by atoms with Crippen LogP contribution in [0.2, 0.25) is 0 Å². The highest BCUT2D eigenvalue weighted by Gasteiger charge is 2.24. The van der Waals surface area contributed by atoms with Gasteiger partial charge in [0.1, 0.15) is 0 Å². The molecule has 0 aliphatic carbocycles. The number of carbonyl (C=O) groups excluding carboxylic acids is 1. The van der Waals surface area contributed by atoms with Crippen LogP contribution < -0.4 is 5.32 Å². The maximum Gasteiger partial charge on any atom is 0.251 e. The van der Waals surface area contributed by atoms with Crippen molar-refractivity contribution in [2.45, 2.75) is 19.9 Å². The van der Waals surface area contributed by atoms with Crippen molar-refractivity contribution in [3.63, 3.8) is 0 Å². The highest BCUT2D eigenvalue weighted by Crippen LogP contribution is 2.13. The van der Waals surface area contributed by atoms with Gasteiger partial charge in [-0.2, -0.15) is 0 Å². The van der Waals surface area contributed by atoms with E-state index in [9.17, 15) is 13.6 Å². The second-order valence-corrected chi connectivity index (χ2v) is 5.80. The Bertz CT molecular complexity index is 517. The van der Waals surface area contributed by atoms with Crippen LogP contribution in [0.5, 0.6) is 0 Å². The summed E-state index contributed by atoms with van der Waals surface area (Å²) in [5.41, 5.74) is 0.128. The molecule has 1 aromatic rings. The Labute approximate surface area is 129 Å². The minimum Gasteiger partial charge on any atom is -0.379 e. The summed E-state index contributed by atoms with van der Waals surface area (Å²) in [6.45, 7) is 7.73. The number of rotatable bonds is 5. The molecule has 0 bridgehead atoms. The Kier molecular flexibility index (Phi) is 5.85. The average Bonchev–Trinajstić information content (AvgIpc) is 2.50. The molecule has 122 valence electrons. The Morgan fingerprint density at radius 1 is 1.27 bits per heavy atom. The van der Waals surface area contributed by atoms with Gasteiger partial charge < -0.3 is 10.1 Å². The zero-order valence-corrected chi connectivity index (χ0v) is 12.9. The highest BCUT2D eigenvalue weighted by molar-refractivity contribution is 5.94. The number of nitrogens with one attached hydrogen (secondary N) is 1. The third kappa shape index (κ3) is 4.24. The molecule has 22 heavy (non-hydrogen) atoms. The van der Waals surface area contributed by atoms with Gasteiger partial charge in [-0.1, -0.05) is 13.8 Å². The van der Waals surface area contributed by atoms with Gasteiger partial charge in [0.2, 0.25) is 0 Å². The minimum absolute atomic E-state index is 0.128. The van der Waals surface area contributed by atoms with Crippen molar-refractivity contribution in [2.75, 3.05) is 32.8 Å². The molecular weight excluding hydrogens is 290 g/mol. The molecule has 1 saturated heterocycles. The molecule has 1 heterocycles. The van der Waals surface area contributed by atoms with Crippen molar-refractivity contribution in [3.05, 3.63) is 35.4 Å². The van der Waals surface area contributed by atoms with Gasteiger partial charge in [0.15, 0.2) is 11.6 Å². The summed E-state index contributed by atoms with van der Waals surface area (Å²) in [7, 11) is 0. The van der Waals surface area contributed by atoms with E-state index >= 15 is 0 Å². The first-order valence-corrected chi connectivity index (χ1v) is 7.54. The van der Waals surface area contributed by atoms with E-state index in [0.717, 1.165) is 25.2 Å². The molecule has 1 aliphatic rings. The second kappa shape index (κ2) is 7.65. The van der Waals surface area contributed by atoms with Crippen LogP contribution in [0.1, 0.15) is 24.2 Å². The van der Waals surface area contributed by atoms with Crippen LogP contribution in [-0.4, -0.2) is 49.7 Å². The van der Waals surface area contributed by atoms with E-state index < -0.39 is 17.5 Å². The molecule has 0 aromatic heterocycles. The van der Waals surface area contributed by atoms with Crippen molar-refractivity contribution < 1.29 is 18.3 Å². The summed E-state index contributed by atoms with van der Waals surface area (Å²) in [6, 6.07) is 3.36. The van der Waals surface area contributed by atoms with Gasteiger partial charge in [0.25, 0.3) is 5.91 Å². The zero-order valence-electron chi connectivity index (χ0n) is 12.9. The van der Waals surface area contributed by atoms with Crippen LogP contribution in [0, 0.1) is 17.6 Å². The van der Waals surface area contributed by atoms with Gasteiger partial charge in [-0.15, -0.1) is 0 Å². The van der Waals surface area contributed by atoms with E-state index in [1.807, 2.05) is 0 Å². The molecule has 1 unspecified atom stereocenters. The van der Waals surface area contributed by atoms with Crippen LogP contribution in [0.25, 0.3) is 0 Å². The molecule has 1 aromatic carbocycles. The minimum atomic E-state index is -1.01. The van der Waals surface area contributed by atoms with Gasteiger partial charge in [-0.3, -0.25) is 9.69 Å². The topological polar surface area (TPSA) is 41.6 Å². The van der Waals surface area contributed by atoms with E-state index in [0.29, 0.717) is 25.7 Å². The molecular formula is C16H22F2N2O2. The van der Waals surface area contributed by atoms with E-state index in [4.69, 9.17) is 4.74 Å². The molecule has 1 aliphatic heterocycles. The molecule has 1 atom stereocenters. The maximum absolute atomic E-state index is 13.2. The fourth-order valence-corrected chi connectivity index (χ4v) is 2.63. The van der Waals surface area contributed by atoms with Crippen molar-refractivity contribution in [1.29, 1.82) is 0 Å². The number of halogens is 2. The number of hydrogen-bond donors (Lipinski definition) is 1. The molecule has 0 spiro atoms.